The van der Waals surface area contributed by atoms with Crippen molar-refractivity contribution in [1.82, 2.24) is 5.16 Å². The molecule has 0 atom stereocenters. The number of hydrogen-bond donors (Lipinski definition) is 1. The smallest absolute Gasteiger partial charge is 0.222 e. The number of ether oxygens (including phenoxy) is 2. The molecule has 0 radical (unpaired) electrons. The third kappa shape index (κ3) is 2.47. The monoisotopic (exact) mass is 338 g/mol. The van der Waals surface area contributed by atoms with Crippen LogP contribution in [0.3, 0.4) is 0 Å². The van der Waals surface area contributed by atoms with Crippen LogP contribution < -0.4 is 15.2 Å². The largest absolute Gasteiger partial charge is 0.493 e. The van der Waals surface area contributed by atoms with Crippen LogP contribution in [0.2, 0.25) is 0 Å². The Bertz CT molecular complexity index is 623. The zero-order valence-electron chi connectivity index (χ0n) is 11.1. The molecule has 1 aromatic heterocycles. The minimum Gasteiger partial charge on any atom is -0.493 e. The molecule has 20 heavy (non-hydrogen) atoms. The SMILES string of the molecule is COc1cc(Br)c(-c2cc(N)on2)cc1OC1CCC1. The van der Waals surface area contributed by atoms with Gasteiger partial charge < -0.3 is 19.7 Å². The molecular weight excluding hydrogens is 324 g/mol. The first kappa shape index (κ1) is 13.3. The molecular formula is C14H15BrN2O3. The van der Waals surface area contributed by atoms with Gasteiger partial charge in [0.05, 0.1) is 13.2 Å². The first-order chi connectivity index (χ1) is 9.67. The van der Waals surface area contributed by atoms with E-state index in [9.17, 15) is 0 Å². The van der Waals surface area contributed by atoms with Crippen LogP contribution in [0, 0.1) is 0 Å². The van der Waals surface area contributed by atoms with Crippen LogP contribution in [0.15, 0.2) is 27.2 Å². The number of benzene rings is 1. The van der Waals surface area contributed by atoms with Gasteiger partial charge in [-0.1, -0.05) is 5.16 Å². The maximum atomic E-state index is 5.96. The van der Waals surface area contributed by atoms with Crippen LogP contribution in [0.25, 0.3) is 11.3 Å². The molecule has 0 spiro atoms. The van der Waals surface area contributed by atoms with E-state index in [1.54, 1.807) is 13.2 Å². The summed E-state index contributed by atoms with van der Waals surface area (Å²) in [6, 6.07) is 5.45. The second-order valence-electron chi connectivity index (χ2n) is 4.77. The van der Waals surface area contributed by atoms with Crippen molar-refractivity contribution in [2.45, 2.75) is 25.4 Å². The lowest BCUT2D eigenvalue weighted by Crippen LogP contribution is -2.24. The van der Waals surface area contributed by atoms with Gasteiger partial charge >= 0.3 is 0 Å². The van der Waals surface area contributed by atoms with Crippen molar-refractivity contribution in [1.29, 1.82) is 0 Å². The Kier molecular flexibility index (Phi) is 3.56. The van der Waals surface area contributed by atoms with Crippen molar-refractivity contribution >= 4 is 21.8 Å². The van der Waals surface area contributed by atoms with Crippen molar-refractivity contribution in [2.24, 2.45) is 0 Å². The Labute approximate surface area is 125 Å². The highest BCUT2D eigenvalue weighted by Crippen LogP contribution is 2.40. The lowest BCUT2D eigenvalue weighted by atomic mass is 9.96. The summed E-state index contributed by atoms with van der Waals surface area (Å²) in [6.45, 7) is 0. The fraction of sp³-hybridized carbons (Fsp3) is 0.357. The van der Waals surface area contributed by atoms with E-state index in [-0.39, 0.29) is 12.0 Å². The predicted molar refractivity (Wildman–Crippen MR) is 78.9 cm³/mol. The molecule has 0 amide bonds. The highest BCUT2D eigenvalue weighted by molar-refractivity contribution is 9.10. The van der Waals surface area contributed by atoms with Gasteiger partial charge in [-0.05, 0) is 47.3 Å². The first-order valence-corrected chi connectivity index (χ1v) is 7.23. The lowest BCUT2D eigenvalue weighted by Gasteiger charge is -2.27. The Hall–Kier alpha value is -1.69. The van der Waals surface area contributed by atoms with Crippen LogP contribution >= 0.6 is 15.9 Å². The van der Waals surface area contributed by atoms with Crippen LogP contribution in [-0.2, 0) is 0 Å². The summed E-state index contributed by atoms with van der Waals surface area (Å²) in [5.74, 6) is 1.70. The summed E-state index contributed by atoms with van der Waals surface area (Å²) >= 11 is 3.51. The van der Waals surface area contributed by atoms with E-state index < -0.39 is 0 Å². The van der Waals surface area contributed by atoms with Gasteiger partial charge in [-0.25, -0.2) is 0 Å². The van der Waals surface area contributed by atoms with Gasteiger partial charge in [0, 0.05) is 16.1 Å². The summed E-state index contributed by atoms with van der Waals surface area (Å²) in [5, 5.41) is 3.93. The van der Waals surface area contributed by atoms with E-state index in [0.717, 1.165) is 28.6 Å². The molecule has 1 heterocycles. The number of nitrogen functional groups attached to an aromatic ring is 1. The predicted octanol–water partition coefficient (Wildman–Crippen LogP) is 3.63. The van der Waals surface area contributed by atoms with E-state index in [1.165, 1.54) is 6.42 Å². The number of aromatic nitrogens is 1. The maximum Gasteiger partial charge on any atom is 0.222 e. The molecule has 3 rings (SSSR count). The average molecular weight is 339 g/mol. The molecule has 5 nitrogen and oxygen atoms in total. The molecule has 2 N–H and O–H groups in total. The quantitative estimate of drug-likeness (QED) is 0.921. The highest BCUT2D eigenvalue weighted by atomic mass is 79.9. The van der Waals surface area contributed by atoms with Crippen molar-refractivity contribution in [3.05, 3.63) is 22.7 Å². The summed E-state index contributed by atoms with van der Waals surface area (Å²) in [5.41, 5.74) is 7.10. The fourth-order valence-corrected chi connectivity index (χ4v) is 2.59. The normalized spacial score (nSPS) is 14.9. The topological polar surface area (TPSA) is 70.5 Å². The Morgan fingerprint density at radius 2 is 2.10 bits per heavy atom. The van der Waals surface area contributed by atoms with Gasteiger partial charge in [0.25, 0.3) is 0 Å². The molecule has 0 bridgehead atoms. The maximum absolute atomic E-state index is 5.96. The van der Waals surface area contributed by atoms with E-state index in [1.807, 2.05) is 12.1 Å². The summed E-state index contributed by atoms with van der Waals surface area (Å²) in [7, 11) is 1.63. The summed E-state index contributed by atoms with van der Waals surface area (Å²) in [4.78, 5) is 0. The van der Waals surface area contributed by atoms with Gasteiger partial charge in [-0.3, -0.25) is 0 Å². The van der Waals surface area contributed by atoms with Crippen LogP contribution in [0.5, 0.6) is 11.5 Å². The number of nitrogens with zero attached hydrogens (tertiary/aromatic N) is 1. The Morgan fingerprint density at radius 1 is 1.30 bits per heavy atom. The van der Waals surface area contributed by atoms with Gasteiger partial charge in [0.2, 0.25) is 5.88 Å². The number of halogens is 1. The van der Waals surface area contributed by atoms with Crippen molar-refractivity contribution < 1.29 is 14.0 Å². The molecule has 1 saturated carbocycles. The second-order valence-corrected chi connectivity index (χ2v) is 5.62. The third-order valence-corrected chi connectivity index (χ3v) is 4.06. The zero-order chi connectivity index (χ0) is 14.1. The third-order valence-electron chi connectivity index (χ3n) is 3.40. The van der Waals surface area contributed by atoms with Crippen LogP contribution in [0.1, 0.15) is 19.3 Å². The minimum absolute atomic E-state index is 0.278. The number of methoxy groups -OCH3 is 1. The first-order valence-electron chi connectivity index (χ1n) is 6.44. The molecule has 106 valence electrons. The number of rotatable bonds is 4. The van der Waals surface area contributed by atoms with E-state index in [2.05, 4.69) is 21.1 Å². The zero-order valence-corrected chi connectivity index (χ0v) is 12.6. The fourth-order valence-electron chi connectivity index (χ4n) is 2.07. The van der Waals surface area contributed by atoms with Crippen molar-refractivity contribution in [3.63, 3.8) is 0 Å². The minimum atomic E-state index is 0.278. The van der Waals surface area contributed by atoms with Crippen LogP contribution in [-0.4, -0.2) is 18.4 Å². The van der Waals surface area contributed by atoms with Gasteiger partial charge in [0.1, 0.15) is 5.69 Å². The molecule has 1 aromatic carbocycles. The number of anilines is 1. The van der Waals surface area contributed by atoms with Crippen molar-refractivity contribution in [3.8, 4) is 22.8 Å². The second kappa shape index (κ2) is 5.36. The lowest BCUT2D eigenvalue weighted by molar-refractivity contribution is 0.116. The molecule has 1 fully saturated rings. The molecule has 1 aliphatic rings. The van der Waals surface area contributed by atoms with E-state index in [4.69, 9.17) is 19.7 Å². The molecule has 0 aliphatic heterocycles. The van der Waals surface area contributed by atoms with Gasteiger partial charge in [-0.2, -0.15) is 0 Å². The number of nitrogens with two attached hydrogens (primary N) is 1. The molecule has 0 saturated heterocycles. The molecule has 2 aromatic rings. The molecule has 0 unspecified atom stereocenters. The Morgan fingerprint density at radius 3 is 2.65 bits per heavy atom. The van der Waals surface area contributed by atoms with E-state index >= 15 is 0 Å². The van der Waals surface area contributed by atoms with Gasteiger partial charge in [0.15, 0.2) is 11.5 Å². The Balaban J connectivity index is 1.99. The van der Waals surface area contributed by atoms with Crippen molar-refractivity contribution in [2.75, 3.05) is 12.8 Å². The highest BCUT2D eigenvalue weighted by Gasteiger charge is 2.22. The molecule has 1 aliphatic carbocycles. The van der Waals surface area contributed by atoms with Crippen LogP contribution in [0.4, 0.5) is 5.88 Å². The molecule has 6 heteroatoms. The summed E-state index contributed by atoms with van der Waals surface area (Å²) in [6.07, 6.45) is 3.67. The number of hydrogen-bond acceptors (Lipinski definition) is 5. The average Bonchev–Trinajstić information content (AvgIpc) is 2.81. The summed E-state index contributed by atoms with van der Waals surface area (Å²) < 4.78 is 17.1. The van der Waals surface area contributed by atoms with E-state index in [0.29, 0.717) is 11.4 Å². The standard InChI is InChI=1S/C14H15BrN2O3/c1-18-12-6-10(15)9(11-7-14(16)20-17-11)5-13(12)19-8-3-2-4-8/h5-8H,2-4,16H2,1H3. The van der Waals surface area contributed by atoms with Gasteiger partial charge in [-0.15, -0.1) is 0 Å².